The van der Waals surface area contributed by atoms with Crippen molar-refractivity contribution >= 4 is 23.3 Å². The molecule has 0 bridgehead atoms. The zero-order valence-corrected chi connectivity index (χ0v) is 24.0. The van der Waals surface area contributed by atoms with Gasteiger partial charge in [-0.2, -0.15) is 0 Å². The standard InChI is InChI=1S/C29H46ClN5O3/c1-19(2)33-11-13-34(14-12-33)21-16-22-27-26(17-21)38-25-6-5-20(30)15-24(25)35(27)18-23(28(22)36)29(37)31-7-10-32-8-3-4-9-32/h18-22,24-27H,3-17H2,1-2H3,(H,31,37). The first-order valence-corrected chi connectivity index (χ1v) is 15.6. The molecular formula is C29H46ClN5O3. The summed E-state index contributed by atoms with van der Waals surface area (Å²) < 4.78 is 6.80. The molecule has 2 aliphatic carbocycles. The lowest BCUT2D eigenvalue weighted by Gasteiger charge is -2.59. The molecule has 2 saturated carbocycles. The van der Waals surface area contributed by atoms with Crippen molar-refractivity contribution in [1.29, 1.82) is 0 Å². The molecule has 6 rings (SSSR count). The number of hydrogen-bond acceptors (Lipinski definition) is 7. The van der Waals surface area contributed by atoms with Gasteiger partial charge in [0, 0.05) is 68.8 Å². The van der Waals surface area contributed by atoms with Crippen LogP contribution in [0.4, 0.5) is 0 Å². The van der Waals surface area contributed by atoms with E-state index in [-0.39, 0.29) is 47.3 Å². The van der Waals surface area contributed by atoms with Crippen LogP contribution in [0.25, 0.3) is 0 Å². The van der Waals surface area contributed by atoms with E-state index in [0.29, 0.717) is 24.2 Å². The van der Waals surface area contributed by atoms with Gasteiger partial charge in [0.15, 0.2) is 5.78 Å². The van der Waals surface area contributed by atoms with Gasteiger partial charge < -0.3 is 19.9 Å². The van der Waals surface area contributed by atoms with Crippen molar-refractivity contribution in [3.05, 3.63) is 11.8 Å². The Morgan fingerprint density at radius 2 is 1.82 bits per heavy atom. The summed E-state index contributed by atoms with van der Waals surface area (Å²) in [5.74, 6) is -0.401. The van der Waals surface area contributed by atoms with Crippen LogP contribution in [0.1, 0.15) is 58.8 Å². The molecule has 5 fully saturated rings. The smallest absolute Gasteiger partial charge is 0.256 e. The highest BCUT2D eigenvalue weighted by Crippen LogP contribution is 2.46. The number of carbonyl (C=O) groups is 2. The van der Waals surface area contributed by atoms with Crippen molar-refractivity contribution in [2.24, 2.45) is 5.92 Å². The molecule has 1 N–H and O–H groups in total. The number of rotatable bonds is 6. The number of nitrogens with one attached hydrogen (secondary N) is 1. The number of morpholine rings is 1. The Bertz CT molecular complexity index is 916. The van der Waals surface area contributed by atoms with Crippen LogP contribution in [0.2, 0.25) is 0 Å². The highest BCUT2D eigenvalue weighted by molar-refractivity contribution is 6.21. The number of alkyl halides is 1. The minimum Gasteiger partial charge on any atom is -0.371 e. The quantitative estimate of drug-likeness (QED) is 0.403. The third-order valence-corrected chi connectivity index (χ3v) is 10.6. The molecule has 8 nitrogen and oxygen atoms in total. The maximum atomic E-state index is 14.0. The fraction of sp³-hybridized carbons (Fsp3) is 0.862. The zero-order chi connectivity index (χ0) is 26.4. The molecule has 4 aliphatic heterocycles. The number of likely N-dealkylation sites (tertiary alicyclic amines) is 1. The van der Waals surface area contributed by atoms with Gasteiger partial charge in [0.25, 0.3) is 5.91 Å². The van der Waals surface area contributed by atoms with E-state index in [9.17, 15) is 9.59 Å². The van der Waals surface area contributed by atoms with Crippen LogP contribution in [-0.4, -0.2) is 125 Å². The van der Waals surface area contributed by atoms with Crippen molar-refractivity contribution in [3.63, 3.8) is 0 Å². The number of piperazine rings is 1. The second-order valence-corrected chi connectivity index (χ2v) is 13.4. The number of nitrogens with zero attached hydrogens (tertiary/aromatic N) is 4. The summed E-state index contributed by atoms with van der Waals surface area (Å²) in [5.41, 5.74) is 0.342. The van der Waals surface area contributed by atoms with Gasteiger partial charge >= 0.3 is 0 Å². The third-order valence-electron chi connectivity index (χ3n) is 10.2. The number of fused-ring (bicyclic) bond motifs is 2. The molecule has 0 aromatic rings. The Morgan fingerprint density at radius 3 is 2.55 bits per heavy atom. The Balaban J connectivity index is 1.21. The van der Waals surface area contributed by atoms with Crippen molar-refractivity contribution in [3.8, 4) is 0 Å². The van der Waals surface area contributed by atoms with Crippen LogP contribution >= 0.6 is 11.6 Å². The molecule has 0 radical (unpaired) electrons. The molecule has 212 valence electrons. The summed E-state index contributed by atoms with van der Waals surface area (Å²) in [6.45, 7) is 12.4. The monoisotopic (exact) mass is 547 g/mol. The van der Waals surface area contributed by atoms with Crippen molar-refractivity contribution in [2.45, 2.75) is 101 Å². The molecule has 6 aliphatic rings. The van der Waals surface area contributed by atoms with Crippen LogP contribution in [0.5, 0.6) is 0 Å². The predicted molar refractivity (Wildman–Crippen MR) is 148 cm³/mol. The Kier molecular flexibility index (Phi) is 8.07. The summed E-state index contributed by atoms with van der Waals surface area (Å²) in [6, 6.07) is 1.04. The van der Waals surface area contributed by atoms with E-state index in [2.05, 4.69) is 38.8 Å². The summed E-state index contributed by atoms with van der Waals surface area (Å²) in [7, 11) is 0. The van der Waals surface area contributed by atoms with Gasteiger partial charge in [-0.15, -0.1) is 11.6 Å². The number of ketones is 1. The highest BCUT2D eigenvalue weighted by atomic mass is 35.5. The van der Waals surface area contributed by atoms with Crippen LogP contribution in [-0.2, 0) is 14.3 Å². The summed E-state index contributed by atoms with van der Waals surface area (Å²) >= 11 is 6.64. The summed E-state index contributed by atoms with van der Waals surface area (Å²) in [5, 5.41) is 3.20. The van der Waals surface area contributed by atoms with Crippen molar-refractivity contribution in [1.82, 2.24) is 24.9 Å². The highest BCUT2D eigenvalue weighted by Gasteiger charge is 2.56. The first-order chi connectivity index (χ1) is 18.4. The van der Waals surface area contributed by atoms with Crippen molar-refractivity contribution < 1.29 is 14.3 Å². The minimum atomic E-state index is -0.210. The fourth-order valence-corrected chi connectivity index (χ4v) is 8.40. The topological polar surface area (TPSA) is 68.4 Å². The number of amides is 1. The number of ether oxygens (including phenoxy) is 1. The lowest BCUT2D eigenvalue weighted by molar-refractivity contribution is -0.189. The second kappa shape index (κ2) is 11.4. The zero-order valence-electron chi connectivity index (χ0n) is 23.2. The lowest BCUT2D eigenvalue weighted by atomic mass is 9.70. The van der Waals surface area contributed by atoms with Gasteiger partial charge in [-0.05, 0) is 71.9 Å². The average molecular weight is 548 g/mol. The van der Waals surface area contributed by atoms with Crippen LogP contribution in [0.3, 0.4) is 0 Å². The first-order valence-electron chi connectivity index (χ1n) is 15.2. The third kappa shape index (κ3) is 5.28. The number of Topliss-reactive ketones (excluding diaryl/α,β-unsaturated/α-hetero) is 1. The lowest BCUT2D eigenvalue weighted by Crippen LogP contribution is -2.69. The van der Waals surface area contributed by atoms with Gasteiger partial charge in [0.1, 0.15) is 0 Å². The second-order valence-electron chi connectivity index (χ2n) is 12.7. The van der Waals surface area contributed by atoms with E-state index in [4.69, 9.17) is 16.3 Å². The van der Waals surface area contributed by atoms with E-state index in [1.807, 2.05) is 6.20 Å². The maximum absolute atomic E-state index is 14.0. The van der Waals surface area contributed by atoms with E-state index >= 15 is 0 Å². The Morgan fingerprint density at radius 1 is 1.05 bits per heavy atom. The SMILES string of the molecule is CC(C)N1CCN(C2CC3OC4CCC(Cl)CC4N4C=C(C(=O)NCCN5CCCC5)C(=O)C(C2)C34)CC1. The summed E-state index contributed by atoms with van der Waals surface area (Å²) in [6.07, 6.45) is 9.03. The molecule has 0 aromatic carbocycles. The van der Waals surface area contributed by atoms with Gasteiger partial charge in [0.2, 0.25) is 0 Å². The van der Waals surface area contributed by atoms with Crippen LogP contribution in [0.15, 0.2) is 11.8 Å². The fourth-order valence-electron chi connectivity index (χ4n) is 8.09. The number of hydrogen-bond donors (Lipinski definition) is 1. The summed E-state index contributed by atoms with van der Waals surface area (Å²) in [4.78, 5) is 37.3. The Hall–Kier alpha value is -1.19. The van der Waals surface area contributed by atoms with Crippen LogP contribution in [0, 0.1) is 5.92 Å². The Labute approximate surface area is 233 Å². The molecular weight excluding hydrogens is 502 g/mol. The van der Waals surface area contributed by atoms with Gasteiger partial charge in [0.05, 0.1) is 29.9 Å². The molecule has 38 heavy (non-hydrogen) atoms. The molecule has 9 heteroatoms. The normalized spacial score (nSPS) is 38.6. The molecule has 3 saturated heterocycles. The molecule has 7 unspecified atom stereocenters. The molecule has 0 spiro atoms. The van der Waals surface area contributed by atoms with Crippen LogP contribution < -0.4 is 5.32 Å². The predicted octanol–water partition coefficient (Wildman–Crippen LogP) is 2.07. The largest absolute Gasteiger partial charge is 0.371 e. The number of carbonyl (C=O) groups excluding carboxylic acids is 2. The average Bonchev–Trinajstić information content (AvgIpc) is 3.43. The molecule has 0 aromatic heterocycles. The number of halogens is 1. The maximum Gasteiger partial charge on any atom is 0.256 e. The van der Waals surface area contributed by atoms with E-state index in [1.54, 1.807) is 0 Å². The van der Waals surface area contributed by atoms with Gasteiger partial charge in [-0.3, -0.25) is 19.4 Å². The van der Waals surface area contributed by atoms with Crippen molar-refractivity contribution in [2.75, 3.05) is 52.4 Å². The van der Waals surface area contributed by atoms with Gasteiger partial charge in [-0.25, -0.2) is 0 Å². The molecule has 7 atom stereocenters. The van der Waals surface area contributed by atoms with E-state index < -0.39 is 0 Å². The van der Waals surface area contributed by atoms with E-state index in [1.165, 1.54) is 12.8 Å². The van der Waals surface area contributed by atoms with E-state index in [0.717, 1.165) is 77.9 Å². The minimum absolute atomic E-state index is 0.0140. The van der Waals surface area contributed by atoms with Gasteiger partial charge in [-0.1, -0.05) is 0 Å². The molecule has 4 heterocycles. The molecule has 1 amide bonds. The first kappa shape index (κ1) is 27.0.